The number of nitrogens with one attached hydrogen (secondary N) is 1. The van der Waals surface area contributed by atoms with Gasteiger partial charge in [-0.3, -0.25) is 4.90 Å². The number of aromatic carboxylic acids is 1. The predicted molar refractivity (Wildman–Crippen MR) is 123 cm³/mol. The zero-order valence-corrected chi connectivity index (χ0v) is 17.9. The smallest absolute Gasteiger partial charge is 0.335 e. The second-order valence-corrected chi connectivity index (χ2v) is 8.21. The van der Waals surface area contributed by atoms with Gasteiger partial charge in [-0.05, 0) is 68.6 Å². The summed E-state index contributed by atoms with van der Waals surface area (Å²) in [6.45, 7) is 7.03. The van der Waals surface area contributed by atoms with Gasteiger partial charge in [0.2, 0.25) is 0 Å². The number of unbranched alkanes of at least 4 members (excludes halogenated alkanes) is 1. The first-order chi connectivity index (χ1) is 15.1. The number of benzene rings is 2. The summed E-state index contributed by atoms with van der Waals surface area (Å²) >= 11 is 0. The lowest BCUT2D eigenvalue weighted by molar-refractivity contribution is 0.0697. The minimum Gasteiger partial charge on any atom is -0.478 e. The molecule has 0 bridgehead atoms. The van der Waals surface area contributed by atoms with Crippen molar-refractivity contribution >= 4 is 22.6 Å². The number of carboxylic acid groups (broad SMARTS) is 1. The van der Waals surface area contributed by atoms with E-state index in [4.69, 9.17) is 0 Å². The number of hydrogen-bond acceptors (Lipinski definition) is 4. The van der Waals surface area contributed by atoms with E-state index in [-0.39, 0.29) is 0 Å². The standard InChI is InChI=1S/C25H28N4O2/c1-18-21(22-16-19(25(30)31)9-10-23(22)27-18)7-4-5-11-28-12-14-29(15-13-28)24-8-3-2-6-20(24)17-26/h2-3,6,8-10,16,27H,4-5,7,11-15H2,1H3,(H,30,31). The molecule has 0 amide bonds. The normalized spacial score (nSPS) is 14.6. The van der Waals surface area contributed by atoms with Crippen molar-refractivity contribution in [1.29, 1.82) is 5.26 Å². The molecule has 0 unspecified atom stereocenters. The van der Waals surface area contributed by atoms with Gasteiger partial charge >= 0.3 is 5.97 Å². The average Bonchev–Trinajstić information content (AvgIpc) is 3.11. The number of hydrogen-bond donors (Lipinski definition) is 2. The van der Waals surface area contributed by atoms with Crippen LogP contribution in [0.25, 0.3) is 10.9 Å². The van der Waals surface area contributed by atoms with Crippen LogP contribution in [0, 0.1) is 18.3 Å². The van der Waals surface area contributed by atoms with Gasteiger partial charge in [-0.25, -0.2) is 4.79 Å². The van der Waals surface area contributed by atoms with Crippen LogP contribution in [0.15, 0.2) is 42.5 Å². The Morgan fingerprint density at radius 3 is 2.65 bits per heavy atom. The van der Waals surface area contributed by atoms with Gasteiger partial charge in [0.25, 0.3) is 0 Å². The number of aromatic nitrogens is 1. The van der Waals surface area contributed by atoms with Crippen LogP contribution >= 0.6 is 0 Å². The van der Waals surface area contributed by atoms with E-state index in [0.29, 0.717) is 5.56 Å². The molecule has 160 valence electrons. The number of aromatic amines is 1. The molecule has 2 N–H and O–H groups in total. The summed E-state index contributed by atoms with van der Waals surface area (Å²) < 4.78 is 0. The van der Waals surface area contributed by atoms with Crippen LogP contribution in [0.1, 0.15) is 40.0 Å². The van der Waals surface area contributed by atoms with Gasteiger partial charge in [-0.1, -0.05) is 12.1 Å². The topological polar surface area (TPSA) is 83.4 Å². The first-order valence-electron chi connectivity index (χ1n) is 10.9. The van der Waals surface area contributed by atoms with Crippen LogP contribution in [-0.2, 0) is 6.42 Å². The van der Waals surface area contributed by atoms with E-state index in [1.54, 1.807) is 12.1 Å². The Bertz CT molecular complexity index is 1120. The van der Waals surface area contributed by atoms with E-state index in [1.165, 1.54) is 5.56 Å². The number of rotatable bonds is 7. The highest BCUT2D eigenvalue weighted by molar-refractivity contribution is 5.95. The number of fused-ring (bicyclic) bond motifs is 1. The number of H-pyrrole nitrogens is 1. The molecule has 1 aliphatic heterocycles. The lowest BCUT2D eigenvalue weighted by Crippen LogP contribution is -2.46. The van der Waals surface area contributed by atoms with E-state index in [1.807, 2.05) is 30.3 Å². The van der Waals surface area contributed by atoms with Crippen LogP contribution in [0.3, 0.4) is 0 Å². The highest BCUT2D eigenvalue weighted by Crippen LogP contribution is 2.25. The molecule has 0 radical (unpaired) electrons. The maximum absolute atomic E-state index is 11.3. The second-order valence-electron chi connectivity index (χ2n) is 8.21. The Labute approximate surface area is 182 Å². The molecular formula is C25H28N4O2. The molecule has 0 spiro atoms. The SMILES string of the molecule is Cc1[nH]c2ccc(C(=O)O)cc2c1CCCCN1CCN(c2ccccc2C#N)CC1. The fourth-order valence-corrected chi connectivity index (χ4v) is 4.53. The van der Waals surface area contributed by atoms with Crippen molar-refractivity contribution in [2.75, 3.05) is 37.6 Å². The van der Waals surface area contributed by atoms with Gasteiger partial charge in [0, 0.05) is 42.8 Å². The third-order valence-electron chi connectivity index (χ3n) is 6.26. The van der Waals surface area contributed by atoms with Gasteiger partial charge in [0.15, 0.2) is 0 Å². The fraction of sp³-hybridized carbons (Fsp3) is 0.360. The number of carboxylic acids is 1. The Kier molecular flexibility index (Phi) is 6.24. The molecule has 0 aliphatic carbocycles. The van der Waals surface area contributed by atoms with Crippen molar-refractivity contribution in [3.63, 3.8) is 0 Å². The van der Waals surface area contributed by atoms with Gasteiger partial charge < -0.3 is 15.0 Å². The first-order valence-corrected chi connectivity index (χ1v) is 10.9. The lowest BCUT2D eigenvalue weighted by Gasteiger charge is -2.36. The summed E-state index contributed by atoms with van der Waals surface area (Å²) in [5.41, 5.74) is 5.49. The van der Waals surface area contributed by atoms with E-state index < -0.39 is 5.97 Å². The zero-order valence-electron chi connectivity index (χ0n) is 17.9. The molecule has 31 heavy (non-hydrogen) atoms. The Hall–Kier alpha value is -3.30. The molecule has 2 heterocycles. The molecule has 1 saturated heterocycles. The number of para-hydroxylation sites is 1. The summed E-state index contributed by atoms with van der Waals surface area (Å²) in [5.74, 6) is -0.886. The average molecular weight is 417 g/mol. The molecular weight excluding hydrogens is 388 g/mol. The van der Waals surface area contributed by atoms with Crippen molar-refractivity contribution in [1.82, 2.24) is 9.88 Å². The number of piperazine rings is 1. The Morgan fingerprint density at radius 1 is 1.13 bits per heavy atom. The molecule has 4 rings (SSSR count). The molecule has 6 nitrogen and oxygen atoms in total. The number of aryl methyl sites for hydroxylation is 2. The molecule has 6 heteroatoms. The van der Waals surface area contributed by atoms with Crippen molar-refractivity contribution in [2.24, 2.45) is 0 Å². The van der Waals surface area contributed by atoms with Gasteiger partial charge in [-0.2, -0.15) is 5.26 Å². The summed E-state index contributed by atoms with van der Waals surface area (Å²) in [7, 11) is 0. The minimum absolute atomic E-state index is 0.337. The third kappa shape index (κ3) is 4.57. The largest absolute Gasteiger partial charge is 0.478 e. The first kappa shape index (κ1) is 21.0. The summed E-state index contributed by atoms with van der Waals surface area (Å²) in [5, 5.41) is 19.6. The van der Waals surface area contributed by atoms with E-state index >= 15 is 0 Å². The number of carbonyl (C=O) groups is 1. The predicted octanol–water partition coefficient (Wildman–Crippen LogP) is 4.19. The van der Waals surface area contributed by atoms with Crippen molar-refractivity contribution in [2.45, 2.75) is 26.2 Å². The van der Waals surface area contributed by atoms with Crippen molar-refractivity contribution in [3.05, 3.63) is 64.8 Å². The molecule has 0 atom stereocenters. The second kappa shape index (κ2) is 9.23. The Balaban J connectivity index is 1.28. The summed E-state index contributed by atoms with van der Waals surface area (Å²) in [4.78, 5) is 19.5. The maximum atomic E-state index is 11.3. The zero-order chi connectivity index (χ0) is 21.8. The van der Waals surface area contributed by atoms with Crippen LogP contribution in [0.2, 0.25) is 0 Å². The van der Waals surface area contributed by atoms with Gasteiger partial charge in [0.1, 0.15) is 6.07 Å². The number of nitrogens with zero attached hydrogens (tertiary/aromatic N) is 3. The summed E-state index contributed by atoms with van der Waals surface area (Å²) in [6, 6.07) is 15.4. The molecule has 1 aromatic heterocycles. The van der Waals surface area contributed by atoms with Gasteiger partial charge in [-0.15, -0.1) is 0 Å². The summed E-state index contributed by atoms with van der Waals surface area (Å²) in [6.07, 6.45) is 3.13. The fourth-order valence-electron chi connectivity index (χ4n) is 4.53. The van der Waals surface area contributed by atoms with Crippen LogP contribution < -0.4 is 4.90 Å². The molecule has 1 aliphatic rings. The van der Waals surface area contributed by atoms with E-state index in [9.17, 15) is 15.2 Å². The molecule has 2 aromatic carbocycles. The Morgan fingerprint density at radius 2 is 1.90 bits per heavy atom. The molecule has 3 aromatic rings. The third-order valence-corrected chi connectivity index (χ3v) is 6.26. The monoisotopic (exact) mass is 416 g/mol. The highest BCUT2D eigenvalue weighted by atomic mass is 16.4. The van der Waals surface area contributed by atoms with Crippen LogP contribution in [-0.4, -0.2) is 53.7 Å². The van der Waals surface area contributed by atoms with Gasteiger partial charge in [0.05, 0.1) is 16.8 Å². The minimum atomic E-state index is -0.886. The van der Waals surface area contributed by atoms with Crippen LogP contribution in [0.4, 0.5) is 5.69 Å². The van der Waals surface area contributed by atoms with Crippen molar-refractivity contribution < 1.29 is 9.90 Å². The molecule has 0 saturated carbocycles. The highest BCUT2D eigenvalue weighted by Gasteiger charge is 2.19. The number of anilines is 1. The lowest BCUT2D eigenvalue weighted by atomic mass is 10.0. The maximum Gasteiger partial charge on any atom is 0.335 e. The number of nitriles is 1. The van der Waals surface area contributed by atoms with Crippen molar-refractivity contribution in [3.8, 4) is 6.07 Å². The quantitative estimate of drug-likeness (QED) is 0.564. The molecule has 1 fully saturated rings. The van der Waals surface area contributed by atoms with E-state index in [0.717, 1.165) is 79.8 Å². The van der Waals surface area contributed by atoms with E-state index in [2.05, 4.69) is 27.8 Å². The van der Waals surface area contributed by atoms with Crippen LogP contribution in [0.5, 0.6) is 0 Å².